The van der Waals surface area contributed by atoms with Crippen LogP contribution in [0.3, 0.4) is 0 Å². The molecule has 0 heterocycles. The molecule has 0 saturated heterocycles. The zero-order valence-electron chi connectivity index (χ0n) is 35.3. The van der Waals surface area contributed by atoms with Crippen LogP contribution in [-0.2, 0) is 33.6 Å². The van der Waals surface area contributed by atoms with Crippen LogP contribution in [0.2, 0.25) is 0 Å². The molecular weight excluding hydrogens is 719 g/mol. The number of unbranched alkanes of at least 4 members (excludes halogenated alkanes) is 17. The van der Waals surface area contributed by atoms with Gasteiger partial charge in [0.2, 0.25) is 11.8 Å². The number of hydrogen-bond donors (Lipinski definition) is 6. The molecule has 0 spiro atoms. The van der Waals surface area contributed by atoms with Crippen molar-refractivity contribution in [2.45, 2.75) is 205 Å². The number of rotatable bonds is 36. The van der Waals surface area contributed by atoms with Crippen molar-refractivity contribution in [2.75, 3.05) is 6.54 Å². The van der Waals surface area contributed by atoms with Gasteiger partial charge in [0, 0.05) is 25.7 Å². The summed E-state index contributed by atoms with van der Waals surface area (Å²) in [6, 6.07) is -4.84. The summed E-state index contributed by atoms with van der Waals surface area (Å²) in [5.74, 6) is -7.39. The van der Waals surface area contributed by atoms with E-state index in [1.807, 2.05) is 0 Å². The molecule has 7 N–H and O–H groups in total. The summed E-state index contributed by atoms with van der Waals surface area (Å²) in [7, 11) is 0. The van der Waals surface area contributed by atoms with Gasteiger partial charge in [0.25, 0.3) is 11.8 Å². The molecule has 0 radical (unpaired) electrons. The molecule has 0 rings (SSSR count). The standard InChI is InChI=1S/C40H72N4O10.Na.H/c1-3-5-7-9-11-13-15-17-19-24-34(45)42-31(26-28-36(47)48)38(51)44(33(40(53)54)23-21-22-30-41)39(52)32(27-29-37(49)50)43-35(46)25-20-18-16-14-12-10-8-6-4-2;;/h31-33H,3-30,41H2,1-2H3,(H,42,45)(H,43,46)(H,47,48)(H,49,50)(H,53,54);;/q;+1;-1. The first-order valence-electron chi connectivity index (χ1n) is 20.7. The molecule has 0 fully saturated rings. The summed E-state index contributed by atoms with van der Waals surface area (Å²) in [4.78, 5) is 90.7. The van der Waals surface area contributed by atoms with Crippen molar-refractivity contribution in [3.8, 4) is 0 Å². The molecule has 314 valence electrons. The van der Waals surface area contributed by atoms with Gasteiger partial charge in [0.15, 0.2) is 0 Å². The average Bonchev–Trinajstić information content (AvgIpc) is 3.12. The predicted molar refractivity (Wildman–Crippen MR) is 209 cm³/mol. The molecule has 0 saturated carbocycles. The number of nitrogens with one attached hydrogen (secondary N) is 2. The van der Waals surface area contributed by atoms with Gasteiger partial charge in [-0.1, -0.05) is 117 Å². The summed E-state index contributed by atoms with van der Waals surface area (Å²) in [6.07, 6.45) is 16.9. The average molecular weight is 793 g/mol. The third kappa shape index (κ3) is 28.5. The van der Waals surface area contributed by atoms with Crippen LogP contribution in [0.15, 0.2) is 0 Å². The molecule has 0 aliphatic heterocycles. The quantitative estimate of drug-likeness (QED) is 0.0397. The maximum atomic E-state index is 14.2. The van der Waals surface area contributed by atoms with Crippen LogP contribution in [0.4, 0.5) is 0 Å². The van der Waals surface area contributed by atoms with Gasteiger partial charge < -0.3 is 33.1 Å². The van der Waals surface area contributed by atoms with E-state index in [-0.39, 0.29) is 63.2 Å². The van der Waals surface area contributed by atoms with E-state index in [9.17, 15) is 48.9 Å². The van der Waals surface area contributed by atoms with E-state index in [4.69, 9.17) is 5.73 Å². The second-order valence-electron chi connectivity index (χ2n) is 14.4. The number of nitrogens with two attached hydrogens (primary N) is 1. The number of imide groups is 1. The van der Waals surface area contributed by atoms with Gasteiger partial charge in [-0.05, 0) is 51.5 Å². The topological polar surface area (TPSA) is 233 Å². The fourth-order valence-electron chi connectivity index (χ4n) is 6.37. The predicted octanol–water partition coefficient (Wildman–Crippen LogP) is 3.58. The largest absolute Gasteiger partial charge is 1.00 e. The SMILES string of the molecule is CCCCCCCCCCCC(=O)NC(CCC(=O)O)C(=O)N(C(=O)C(CCC(=O)O)NC(=O)CCCCCCCCCCC)C(CCCCN)C(=O)O.[H-].[Na+]. The van der Waals surface area contributed by atoms with E-state index in [1.165, 1.54) is 51.4 Å². The third-order valence-electron chi connectivity index (χ3n) is 9.58. The van der Waals surface area contributed by atoms with Crippen LogP contribution in [0.5, 0.6) is 0 Å². The Kier molecular flexibility index (Phi) is 35.5. The molecule has 14 nitrogen and oxygen atoms in total. The Hall–Kier alpha value is -2.55. The van der Waals surface area contributed by atoms with Crippen molar-refractivity contribution in [3.63, 3.8) is 0 Å². The molecule has 0 aromatic heterocycles. The number of carboxylic acid groups (broad SMARTS) is 3. The molecule has 0 aliphatic rings. The number of carboxylic acids is 3. The van der Waals surface area contributed by atoms with Crippen molar-refractivity contribution in [2.24, 2.45) is 5.73 Å². The van der Waals surface area contributed by atoms with Crippen molar-refractivity contribution in [1.82, 2.24) is 15.5 Å². The number of hydrogen-bond acceptors (Lipinski definition) is 8. The second-order valence-corrected chi connectivity index (χ2v) is 14.4. The smallest absolute Gasteiger partial charge is 1.00 e. The molecule has 15 heteroatoms. The van der Waals surface area contributed by atoms with Crippen LogP contribution in [0, 0.1) is 0 Å². The number of carbonyl (C=O) groups excluding carboxylic acids is 4. The van der Waals surface area contributed by atoms with E-state index in [1.54, 1.807) is 0 Å². The summed E-state index contributed by atoms with van der Waals surface area (Å²) >= 11 is 0. The molecule has 3 unspecified atom stereocenters. The molecule has 0 aliphatic carbocycles. The van der Waals surface area contributed by atoms with Crippen molar-refractivity contribution in [1.29, 1.82) is 0 Å². The summed E-state index contributed by atoms with van der Waals surface area (Å²) in [5.41, 5.74) is 5.61. The zero-order valence-corrected chi connectivity index (χ0v) is 36.3. The minimum atomic E-state index is -1.74. The van der Waals surface area contributed by atoms with Crippen LogP contribution in [0.1, 0.15) is 189 Å². The van der Waals surface area contributed by atoms with E-state index < -0.39 is 85.3 Å². The van der Waals surface area contributed by atoms with Crippen LogP contribution in [-0.4, -0.2) is 86.4 Å². The monoisotopic (exact) mass is 793 g/mol. The Morgan fingerprint density at radius 2 is 0.855 bits per heavy atom. The van der Waals surface area contributed by atoms with Gasteiger partial charge in [-0.2, -0.15) is 0 Å². The molecule has 0 aromatic carbocycles. The first kappa shape index (κ1) is 54.5. The molecule has 0 aromatic rings. The summed E-state index contributed by atoms with van der Waals surface area (Å²) in [6.45, 7) is 4.54. The van der Waals surface area contributed by atoms with Gasteiger partial charge in [0.1, 0.15) is 18.1 Å². The van der Waals surface area contributed by atoms with E-state index in [0.717, 1.165) is 51.4 Å². The van der Waals surface area contributed by atoms with Gasteiger partial charge in [-0.15, -0.1) is 0 Å². The number of nitrogens with zero attached hydrogens (tertiary/aromatic N) is 1. The van der Waals surface area contributed by atoms with Crippen molar-refractivity contribution >= 4 is 41.5 Å². The van der Waals surface area contributed by atoms with Gasteiger partial charge in [-0.25, -0.2) is 4.79 Å². The Labute approximate surface area is 353 Å². The van der Waals surface area contributed by atoms with E-state index in [2.05, 4.69) is 24.5 Å². The fraction of sp³-hybridized carbons (Fsp3) is 0.825. The van der Waals surface area contributed by atoms with Crippen LogP contribution < -0.4 is 45.9 Å². The summed E-state index contributed by atoms with van der Waals surface area (Å²) < 4.78 is 0. The normalized spacial score (nSPS) is 12.5. The Bertz CT molecular complexity index is 1050. The van der Waals surface area contributed by atoms with Crippen LogP contribution in [0.25, 0.3) is 0 Å². The first-order valence-corrected chi connectivity index (χ1v) is 20.7. The molecule has 0 bridgehead atoms. The minimum Gasteiger partial charge on any atom is -1.00 e. The number of amides is 4. The fourth-order valence-corrected chi connectivity index (χ4v) is 6.37. The van der Waals surface area contributed by atoms with Crippen LogP contribution >= 0.6 is 0 Å². The zero-order chi connectivity index (χ0) is 40.6. The number of aliphatic carboxylic acids is 3. The third-order valence-corrected chi connectivity index (χ3v) is 9.58. The Balaban J connectivity index is -0.0000140. The molecular formula is C40H73N4NaO10. The molecule has 55 heavy (non-hydrogen) atoms. The summed E-state index contributed by atoms with van der Waals surface area (Å²) in [5, 5.41) is 34.2. The van der Waals surface area contributed by atoms with Gasteiger partial charge in [-0.3, -0.25) is 33.7 Å². The van der Waals surface area contributed by atoms with Gasteiger partial charge in [0.05, 0.1) is 0 Å². The Morgan fingerprint density at radius 1 is 0.509 bits per heavy atom. The molecule has 3 atom stereocenters. The maximum absolute atomic E-state index is 14.2. The minimum absolute atomic E-state index is 0. The molecule has 4 amide bonds. The first-order chi connectivity index (χ1) is 25.9. The van der Waals surface area contributed by atoms with Gasteiger partial charge >= 0.3 is 47.5 Å². The van der Waals surface area contributed by atoms with E-state index >= 15 is 0 Å². The van der Waals surface area contributed by atoms with Crippen molar-refractivity contribution < 1.29 is 79.9 Å². The second kappa shape index (κ2) is 35.8. The van der Waals surface area contributed by atoms with Crippen molar-refractivity contribution in [3.05, 3.63) is 0 Å². The number of carbonyl (C=O) groups is 7. The Morgan fingerprint density at radius 3 is 1.16 bits per heavy atom. The maximum Gasteiger partial charge on any atom is 1.00 e. The van der Waals surface area contributed by atoms with E-state index in [0.29, 0.717) is 24.2 Å².